The third-order valence-corrected chi connectivity index (χ3v) is 7.00. The van der Waals surface area contributed by atoms with Gasteiger partial charge in [-0.1, -0.05) is 46.6 Å². The van der Waals surface area contributed by atoms with Gasteiger partial charge in [0, 0.05) is 0 Å². The topological polar surface area (TPSA) is 121 Å². The molecule has 0 bridgehead atoms. The molecule has 0 aliphatic carbocycles. The molecule has 0 radical (unpaired) electrons. The molecule has 0 saturated heterocycles. The van der Waals surface area contributed by atoms with Gasteiger partial charge in [0.1, 0.15) is 0 Å². The molecule has 210 valence electrons. The van der Waals surface area contributed by atoms with Crippen LogP contribution >= 0.6 is 0 Å². The summed E-state index contributed by atoms with van der Waals surface area (Å²) in [5.41, 5.74) is 1.79. The predicted molar refractivity (Wildman–Crippen MR) is 149 cm³/mol. The van der Waals surface area contributed by atoms with Crippen LogP contribution in [0.15, 0.2) is 46.6 Å². The van der Waals surface area contributed by atoms with E-state index < -0.39 is 23.4 Å². The van der Waals surface area contributed by atoms with E-state index in [1.807, 2.05) is 39.8 Å². The van der Waals surface area contributed by atoms with E-state index in [0.717, 1.165) is 36.8 Å². The molecule has 6 nitrogen and oxygen atoms in total. The predicted octanol–water partition coefficient (Wildman–Crippen LogP) is 4.88. The molecular weight excluding hydrogens is 456 g/mol. The summed E-state index contributed by atoms with van der Waals surface area (Å²) in [7, 11) is 0. The van der Waals surface area contributed by atoms with Crippen molar-refractivity contribution >= 4 is 0 Å². The van der Waals surface area contributed by atoms with Crippen LogP contribution in [0.1, 0.15) is 106 Å². The number of hydrogen-bond acceptors (Lipinski definition) is 6. The molecule has 0 heterocycles. The second kappa shape index (κ2) is 18.1. The molecule has 4 atom stereocenters. The molecule has 0 aromatic carbocycles. The van der Waals surface area contributed by atoms with Crippen LogP contribution in [0.5, 0.6) is 0 Å². The number of rotatable bonds is 19. The van der Waals surface area contributed by atoms with Crippen LogP contribution in [0.3, 0.4) is 0 Å². The number of hydrogen-bond donors (Lipinski definition) is 6. The first-order valence-electron chi connectivity index (χ1n) is 13.4. The Morgan fingerprint density at radius 1 is 0.583 bits per heavy atom. The van der Waals surface area contributed by atoms with Gasteiger partial charge >= 0.3 is 0 Å². The van der Waals surface area contributed by atoms with Gasteiger partial charge in [-0.05, 0) is 106 Å². The van der Waals surface area contributed by atoms with Crippen molar-refractivity contribution in [2.75, 3.05) is 13.2 Å². The van der Waals surface area contributed by atoms with E-state index >= 15 is 0 Å². The van der Waals surface area contributed by atoms with Crippen LogP contribution in [-0.4, -0.2) is 67.3 Å². The summed E-state index contributed by atoms with van der Waals surface area (Å²) in [5, 5.41) is 60.1. The van der Waals surface area contributed by atoms with Gasteiger partial charge in [-0.3, -0.25) is 0 Å². The van der Waals surface area contributed by atoms with Gasteiger partial charge < -0.3 is 30.6 Å². The zero-order chi connectivity index (χ0) is 27.8. The smallest absolute Gasteiger partial charge is 0.0880 e. The van der Waals surface area contributed by atoms with E-state index in [2.05, 4.69) is 12.2 Å². The molecule has 0 unspecified atom stereocenters. The lowest BCUT2D eigenvalue weighted by molar-refractivity contribution is -0.0692. The summed E-state index contributed by atoms with van der Waals surface area (Å²) >= 11 is 0. The number of aliphatic hydroxyl groups excluding tert-OH is 4. The molecule has 0 aromatic heterocycles. The fourth-order valence-corrected chi connectivity index (χ4v) is 3.90. The Labute approximate surface area is 219 Å². The summed E-state index contributed by atoms with van der Waals surface area (Å²) in [4.78, 5) is 0. The standard InChI is InChI=1S/C30H54O6/c1-23(15-17-27(33)29(5,35)19-9-13-25(3)21-31)11-7-8-12-24(2)16-18-28(34)30(6,36)20-10-14-26(4)22-32/h11-14,27-28,31-36H,7-10,15-22H2,1-6H3/b23-11+,24-12+,25-13+,26-14+/t27-,28+,29-,30+. The molecule has 0 aliphatic heterocycles. The average Bonchev–Trinajstić information content (AvgIpc) is 2.82. The van der Waals surface area contributed by atoms with Gasteiger partial charge in [0.15, 0.2) is 0 Å². The number of unbranched alkanes of at least 4 members (excludes halogenated alkanes) is 1. The molecule has 0 saturated carbocycles. The number of allylic oxidation sites excluding steroid dienone is 6. The first kappa shape index (κ1) is 34.7. The molecule has 0 spiro atoms. The van der Waals surface area contributed by atoms with Gasteiger partial charge in [0.25, 0.3) is 0 Å². The molecule has 0 fully saturated rings. The van der Waals surface area contributed by atoms with E-state index in [9.17, 15) is 20.4 Å². The fourth-order valence-electron chi connectivity index (χ4n) is 3.90. The summed E-state index contributed by atoms with van der Waals surface area (Å²) in [6.45, 7) is 11.1. The first-order chi connectivity index (χ1) is 16.7. The molecule has 0 amide bonds. The van der Waals surface area contributed by atoms with E-state index in [-0.39, 0.29) is 13.2 Å². The normalized spacial score (nSPS) is 19.1. The zero-order valence-corrected chi connectivity index (χ0v) is 23.6. The summed E-state index contributed by atoms with van der Waals surface area (Å²) in [6.07, 6.45) is 12.9. The second-order valence-corrected chi connectivity index (χ2v) is 11.0. The van der Waals surface area contributed by atoms with Gasteiger partial charge in [0.05, 0.1) is 36.6 Å². The van der Waals surface area contributed by atoms with Crippen LogP contribution in [0.4, 0.5) is 0 Å². The molecule has 0 aliphatic rings. The lowest BCUT2D eigenvalue weighted by atomic mass is 9.89. The van der Waals surface area contributed by atoms with Crippen molar-refractivity contribution in [1.82, 2.24) is 0 Å². The Hall–Kier alpha value is -1.28. The van der Waals surface area contributed by atoms with Crippen molar-refractivity contribution in [3.05, 3.63) is 46.6 Å². The van der Waals surface area contributed by atoms with Crippen molar-refractivity contribution in [3.8, 4) is 0 Å². The van der Waals surface area contributed by atoms with E-state index in [0.29, 0.717) is 38.5 Å². The summed E-state index contributed by atoms with van der Waals surface area (Å²) in [5.74, 6) is 0. The van der Waals surface area contributed by atoms with Gasteiger partial charge in [-0.15, -0.1) is 0 Å². The fraction of sp³-hybridized carbons (Fsp3) is 0.733. The van der Waals surface area contributed by atoms with Gasteiger partial charge in [-0.25, -0.2) is 0 Å². The van der Waals surface area contributed by atoms with Crippen molar-refractivity contribution in [1.29, 1.82) is 0 Å². The van der Waals surface area contributed by atoms with E-state index in [1.165, 1.54) is 11.1 Å². The third-order valence-electron chi connectivity index (χ3n) is 7.00. The zero-order valence-electron chi connectivity index (χ0n) is 23.6. The lowest BCUT2D eigenvalue weighted by Crippen LogP contribution is -2.39. The highest BCUT2D eigenvalue weighted by Crippen LogP contribution is 2.24. The van der Waals surface area contributed by atoms with Crippen molar-refractivity contribution < 1.29 is 30.6 Å². The average molecular weight is 511 g/mol. The Morgan fingerprint density at radius 3 is 1.19 bits per heavy atom. The Balaban J connectivity index is 4.39. The van der Waals surface area contributed by atoms with Crippen molar-refractivity contribution in [2.24, 2.45) is 0 Å². The highest BCUT2D eigenvalue weighted by molar-refractivity contribution is 5.04. The Kier molecular flexibility index (Phi) is 17.4. The first-order valence-corrected chi connectivity index (χ1v) is 13.4. The monoisotopic (exact) mass is 510 g/mol. The quantitative estimate of drug-likeness (QED) is 0.109. The molecular formula is C30H54O6. The minimum atomic E-state index is -1.16. The molecule has 36 heavy (non-hydrogen) atoms. The maximum Gasteiger partial charge on any atom is 0.0880 e. The van der Waals surface area contributed by atoms with E-state index in [4.69, 9.17) is 10.2 Å². The summed E-state index contributed by atoms with van der Waals surface area (Å²) in [6, 6.07) is 0. The second-order valence-electron chi connectivity index (χ2n) is 11.0. The highest BCUT2D eigenvalue weighted by atomic mass is 16.3. The van der Waals surface area contributed by atoms with Crippen LogP contribution in [-0.2, 0) is 0 Å². The molecule has 0 rings (SSSR count). The maximum absolute atomic E-state index is 10.6. The third kappa shape index (κ3) is 15.7. The minimum absolute atomic E-state index is 0.0119. The van der Waals surface area contributed by atoms with Crippen LogP contribution < -0.4 is 0 Å². The van der Waals surface area contributed by atoms with Crippen LogP contribution in [0.25, 0.3) is 0 Å². The van der Waals surface area contributed by atoms with Crippen molar-refractivity contribution in [3.63, 3.8) is 0 Å². The molecule has 0 aromatic rings. The van der Waals surface area contributed by atoms with Crippen LogP contribution in [0.2, 0.25) is 0 Å². The molecule has 6 heteroatoms. The highest BCUT2D eigenvalue weighted by Gasteiger charge is 2.30. The summed E-state index contributed by atoms with van der Waals surface area (Å²) < 4.78 is 0. The van der Waals surface area contributed by atoms with Crippen LogP contribution in [0, 0.1) is 0 Å². The van der Waals surface area contributed by atoms with Gasteiger partial charge in [0.2, 0.25) is 0 Å². The lowest BCUT2D eigenvalue weighted by Gasteiger charge is -2.29. The van der Waals surface area contributed by atoms with Gasteiger partial charge in [-0.2, -0.15) is 0 Å². The largest absolute Gasteiger partial charge is 0.392 e. The number of aliphatic hydroxyl groups is 6. The minimum Gasteiger partial charge on any atom is -0.392 e. The van der Waals surface area contributed by atoms with E-state index in [1.54, 1.807) is 13.8 Å². The SMILES string of the molecule is C/C(=C\CC[C@](C)(O)[C@@H](O)CC/C(C)=C/CC/C=C(\C)CC[C@@H](O)[C@](C)(O)CC/C=C(\C)CO)CO. The molecule has 6 N–H and O–H groups in total. The maximum atomic E-state index is 10.6. The van der Waals surface area contributed by atoms with Crippen molar-refractivity contribution in [2.45, 2.75) is 129 Å². The Bertz CT molecular complexity index is 668. The Morgan fingerprint density at radius 2 is 0.889 bits per heavy atom.